The van der Waals surface area contributed by atoms with E-state index in [4.69, 9.17) is 10.7 Å². The lowest BCUT2D eigenvalue weighted by molar-refractivity contribution is -0.134. The van der Waals surface area contributed by atoms with E-state index in [2.05, 4.69) is 15.3 Å². The molecule has 0 aliphatic carbocycles. The van der Waals surface area contributed by atoms with E-state index in [0.717, 1.165) is 27.5 Å². The Balaban J connectivity index is 1.33. The number of aromatic nitrogens is 3. The molecule has 5 heterocycles. The van der Waals surface area contributed by atoms with Crippen LogP contribution in [0.2, 0.25) is 0 Å². The first-order valence-corrected chi connectivity index (χ1v) is 15.0. The maximum absolute atomic E-state index is 14.0. The summed E-state index contributed by atoms with van der Waals surface area (Å²) >= 11 is 0. The molecule has 3 amide bonds. The number of nitrogens with zero attached hydrogens (tertiary/aromatic N) is 5. The number of fused-ring (bicyclic) bond motifs is 2. The molecule has 0 saturated carbocycles. The SMILES string of the molecule is NC(=O)c1ccc(-c2c(CN3C(=O)CCCN(C(=O)[C@@H]4CC(F)(F)CN4)CCCc4ccncc43)ncc3ccccc23)cn1. The van der Waals surface area contributed by atoms with Gasteiger partial charge in [0, 0.05) is 61.0 Å². The summed E-state index contributed by atoms with van der Waals surface area (Å²) < 4.78 is 27.7. The molecule has 1 fully saturated rings. The van der Waals surface area contributed by atoms with E-state index in [0.29, 0.717) is 37.2 Å². The molecule has 1 saturated heterocycles. The first-order chi connectivity index (χ1) is 21.7. The highest BCUT2D eigenvalue weighted by atomic mass is 19.3. The fourth-order valence-electron chi connectivity index (χ4n) is 6.12. The second-order valence-corrected chi connectivity index (χ2v) is 11.5. The smallest absolute Gasteiger partial charge is 0.267 e. The highest BCUT2D eigenvalue weighted by Gasteiger charge is 2.43. The first kappa shape index (κ1) is 30.2. The van der Waals surface area contributed by atoms with Gasteiger partial charge in [-0.1, -0.05) is 30.3 Å². The molecule has 232 valence electrons. The van der Waals surface area contributed by atoms with Gasteiger partial charge in [-0.2, -0.15) is 0 Å². The number of amides is 3. The molecule has 6 rings (SSSR count). The number of aryl methyl sites for hydroxylation is 1. The topological polar surface area (TPSA) is 134 Å². The zero-order valence-corrected chi connectivity index (χ0v) is 24.6. The van der Waals surface area contributed by atoms with Gasteiger partial charge in [0.05, 0.1) is 36.7 Å². The van der Waals surface area contributed by atoms with E-state index in [1.165, 1.54) is 0 Å². The number of rotatable bonds is 5. The van der Waals surface area contributed by atoms with Crippen LogP contribution in [0.25, 0.3) is 21.9 Å². The molecule has 0 radical (unpaired) electrons. The molecule has 45 heavy (non-hydrogen) atoms. The number of carbonyl (C=O) groups excluding carboxylic acids is 3. The molecule has 2 aliphatic heterocycles. The van der Waals surface area contributed by atoms with Gasteiger partial charge < -0.3 is 15.5 Å². The summed E-state index contributed by atoms with van der Waals surface area (Å²) in [7, 11) is 0. The quantitative estimate of drug-likeness (QED) is 0.349. The monoisotopic (exact) mass is 613 g/mol. The van der Waals surface area contributed by atoms with Crippen molar-refractivity contribution in [3.05, 3.63) is 84.2 Å². The highest BCUT2D eigenvalue weighted by molar-refractivity contribution is 5.99. The Kier molecular flexibility index (Phi) is 8.48. The minimum atomic E-state index is -2.91. The number of anilines is 1. The van der Waals surface area contributed by atoms with Gasteiger partial charge in [0.2, 0.25) is 11.8 Å². The number of alkyl halides is 2. The van der Waals surface area contributed by atoms with E-state index in [1.807, 2.05) is 30.3 Å². The minimum absolute atomic E-state index is 0.129. The van der Waals surface area contributed by atoms with E-state index in [-0.39, 0.29) is 37.0 Å². The van der Waals surface area contributed by atoms with E-state index in [1.54, 1.807) is 46.7 Å². The lowest BCUT2D eigenvalue weighted by atomic mass is 9.97. The summed E-state index contributed by atoms with van der Waals surface area (Å²) in [6.45, 7) is 0.303. The molecular formula is C33H33F2N7O3. The summed E-state index contributed by atoms with van der Waals surface area (Å²) in [5.41, 5.74) is 9.22. The Morgan fingerprint density at radius 3 is 2.53 bits per heavy atom. The molecular weight excluding hydrogens is 580 g/mol. The van der Waals surface area contributed by atoms with Gasteiger partial charge in [-0.05, 0) is 42.3 Å². The summed E-state index contributed by atoms with van der Waals surface area (Å²) in [5, 5.41) is 4.47. The third kappa shape index (κ3) is 6.51. The summed E-state index contributed by atoms with van der Waals surface area (Å²) in [4.78, 5) is 55.5. The van der Waals surface area contributed by atoms with Crippen LogP contribution in [0, 0.1) is 0 Å². The van der Waals surface area contributed by atoms with Crippen LogP contribution in [0.5, 0.6) is 0 Å². The Morgan fingerprint density at radius 2 is 1.80 bits per heavy atom. The van der Waals surface area contributed by atoms with Crippen LogP contribution in [0.4, 0.5) is 14.5 Å². The molecule has 10 nitrogen and oxygen atoms in total. The molecule has 1 aromatic carbocycles. The minimum Gasteiger partial charge on any atom is -0.364 e. The molecule has 0 bridgehead atoms. The van der Waals surface area contributed by atoms with Crippen molar-refractivity contribution in [1.82, 2.24) is 25.2 Å². The second-order valence-electron chi connectivity index (χ2n) is 11.5. The third-order valence-corrected chi connectivity index (χ3v) is 8.38. The first-order valence-electron chi connectivity index (χ1n) is 15.0. The van der Waals surface area contributed by atoms with Gasteiger partial charge >= 0.3 is 0 Å². The van der Waals surface area contributed by atoms with E-state index in [9.17, 15) is 23.2 Å². The van der Waals surface area contributed by atoms with Gasteiger partial charge in [0.1, 0.15) is 5.69 Å². The van der Waals surface area contributed by atoms with Gasteiger partial charge in [-0.15, -0.1) is 0 Å². The van der Waals surface area contributed by atoms with Crippen LogP contribution in [0.3, 0.4) is 0 Å². The molecule has 1 atom stereocenters. The van der Waals surface area contributed by atoms with Gasteiger partial charge in [0.15, 0.2) is 0 Å². The van der Waals surface area contributed by atoms with Crippen molar-refractivity contribution in [2.45, 2.75) is 50.6 Å². The number of nitrogens with one attached hydrogen (secondary N) is 1. The Labute approximate surface area is 258 Å². The lowest BCUT2D eigenvalue weighted by Crippen LogP contribution is -2.44. The number of hydrogen-bond acceptors (Lipinski definition) is 7. The van der Waals surface area contributed by atoms with Gasteiger partial charge in [-0.25, -0.2) is 8.78 Å². The predicted octanol–water partition coefficient (Wildman–Crippen LogP) is 3.88. The number of pyridine rings is 3. The molecule has 3 aromatic heterocycles. The number of halogens is 2. The van der Waals surface area contributed by atoms with Crippen molar-refractivity contribution in [3.63, 3.8) is 0 Å². The van der Waals surface area contributed by atoms with Crippen LogP contribution >= 0.6 is 0 Å². The van der Waals surface area contributed by atoms with Crippen molar-refractivity contribution in [2.24, 2.45) is 5.73 Å². The molecule has 12 heteroatoms. The van der Waals surface area contributed by atoms with Crippen molar-refractivity contribution in [3.8, 4) is 11.1 Å². The molecule has 4 aromatic rings. The second kappa shape index (κ2) is 12.6. The Hall–Kier alpha value is -4.84. The third-order valence-electron chi connectivity index (χ3n) is 8.38. The fraction of sp³-hybridized carbons (Fsp3) is 0.333. The number of nitrogens with two attached hydrogens (primary N) is 1. The maximum Gasteiger partial charge on any atom is 0.267 e. The van der Waals surface area contributed by atoms with Gasteiger partial charge in [0.25, 0.3) is 11.8 Å². The van der Waals surface area contributed by atoms with Crippen molar-refractivity contribution in [2.75, 3.05) is 24.5 Å². The van der Waals surface area contributed by atoms with Crippen LogP contribution in [-0.4, -0.2) is 69.2 Å². The van der Waals surface area contributed by atoms with Gasteiger partial charge in [-0.3, -0.25) is 34.7 Å². The summed E-state index contributed by atoms with van der Waals surface area (Å²) in [6, 6.07) is 12.0. The van der Waals surface area contributed by atoms with E-state index >= 15 is 0 Å². The number of primary amides is 1. The number of benzene rings is 1. The average Bonchev–Trinajstić information content (AvgIpc) is 3.40. The molecule has 3 N–H and O–H groups in total. The van der Waals surface area contributed by atoms with Crippen molar-refractivity contribution in [1.29, 1.82) is 0 Å². The maximum atomic E-state index is 14.0. The number of carbonyl (C=O) groups is 3. The average molecular weight is 614 g/mol. The Morgan fingerprint density at radius 1 is 1.00 bits per heavy atom. The lowest BCUT2D eigenvalue weighted by Gasteiger charge is -2.26. The number of hydrogen-bond donors (Lipinski definition) is 2. The van der Waals surface area contributed by atoms with Crippen LogP contribution in [0.1, 0.15) is 47.4 Å². The van der Waals surface area contributed by atoms with Crippen LogP contribution < -0.4 is 16.0 Å². The van der Waals surface area contributed by atoms with Crippen LogP contribution in [-0.2, 0) is 22.6 Å². The summed E-state index contributed by atoms with van der Waals surface area (Å²) in [6.07, 6.45) is 7.80. The standard InChI is InChI=1S/C33H33F2N7O3/c34-33(35)15-26(40-20-33)32(45)41-13-3-6-21-11-12-37-18-28(21)42(29(43)8-4-14-41)19-27-30(23-9-10-25(31(36)44)38-17-23)24-7-2-1-5-22(24)16-39-27/h1-2,5,7,9-12,16-18,26,40H,3-4,6,8,13-15,19-20H2,(H2,36,44)/t26-/m0/s1. The Bertz CT molecular complexity index is 1750. The predicted molar refractivity (Wildman–Crippen MR) is 164 cm³/mol. The fourth-order valence-corrected chi connectivity index (χ4v) is 6.12. The largest absolute Gasteiger partial charge is 0.364 e. The normalized spacial score (nSPS) is 18.8. The van der Waals surface area contributed by atoms with Crippen molar-refractivity contribution < 1.29 is 23.2 Å². The molecule has 0 spiro atoms. The zero-order valence-electron chi connectivity index (χ0n) is 24.6. The molecule has 0 unspecified atom stereocenters. The highest BCUT2D eigenvalue weighted by Crippen LogP contribution is 2.34. The van der Waals surface area contributed by atoms with Crippen molar-refractivity contribution >= 4 is 34.2 Å². The molecule has 2 aliphatic rings. The zero-order chi connectivity index (χ0) is 31.6. The van der Waals surface area contributed by atoms with Crippen LogP contribution in [0.15, 0.2) is 67.3 Å². The van der Waals surface area contributed by atoms with E-state index < -0.39 is 30.8 Å². The summed E-state index contributed by atoms with van der Waals surface area (Å²) in [5.74, 6) is -4.07.